The predicted molar refractivity (Wildman–Crippen MR) is 88.1 cm³/mol. The first-order chi connectivity index (χ1) is 11.3. The van der Waals surface area contributed by atoms with Crippen molar-refractivity contribution in [3.05, 3.63) is 38.9 Å². The van der Waals surface area contributed by atoms with Gasteiger partial charge in [-0.25, -0.2) is 4.79 Å². The summed E-state index contributed by atoms with van der Waals surface area (Å²) in [5.74, 6) is -1.35. The predicted octanol–water partition coefficient (Wildman–Crippen LogP) is 2.39. The number of hydrogen-bond acceptors (Lipinski definition) is 7. The van der Waals surface area contributed by atoms with E-state index in [0.717, 1.165) is 0 Å². The molecule has 8 nitrogen and oxygen atoms in total. The van der Waals surface area contributed by atoms with Crippen molar-refractivity contribution < 1.29 is 24.0 Å². The van der Waals surface area contributed by atoms with Crippen molar-refractivity contribution in [2.45, 2.75) is 27.2 Å². The Morgan fingerprint density at radius 1 is 1.25 bits per heavy atom. The number of rotatable bonds is 7. The molecule has 0 aliphatic carbocycles. The normalized spacial score (nSPS) is 11.0. The zero-order valence-corrected chi connectivity index (χ0v) is 13.8. The highest BCUT2D eigenvalue weighted by Crippen LogP contribution is 2.30. The van der Waals surface area contributed by atoms with Crippen molar-refractivity contribution in [2.24, 2.45) is 0 Å². The van der Waals surface area contributed by atoms with Crippen molar-refractivity contribution in [1.29, 1.82) is 0 Å². The van der Waals surface area contributed by atoms with E-state index in [9.17, 15) is 19.7 Å². The smallest absolute Gasteiger partial charge is 0.334 e. The minimum absolute atomic E-state index is 0.0254. The summed E-state index contributed by atoms with van der Waals surface area (Å²) in [6.07, 6.45) is 0.923. The number of nitrogens with zero attached hydrogens (tertiary/aromatic N) is 1. The third-order valence-electron chi connectivity index (χ3n) is 3.19. The van der Waals surface area contributed by atoms with Crippen LogP contribution in [0.5, 0.6) is 0 Å². The van der Waals surface area contributed by atoms with E-state index in [-0.39, 0.29) is 47.7 Å². The number of benzene rings is 1. The van der Waals surface area contributed by atoms with Crippen molar-refractivity contribution in [2.75, 3.05) is 18.9 Å². The number of anilines is 1. The van der Waals surface area contributed by atoms with E-state index in [4.69, 9.17) is 15.2 Å². The lowest BCUT2D eigenvalue weighted by molar-refractivity contribution is -0.385. The average Bonchev–Trinajstić information content (AvgIpc) is 2.50. The van der Waals surface area contributed by atoms with Gasteiger partial charge in [0.25, 0.3) is 5.69 Å². The molecule has 0 fully saturated rings. The Labute approximate surface area is 139 Å². The van der Waals surface area contributed by atoms with E-state index < -0.39 is 16.9 Å². The largest absolute Gasteiger partial charge is 0.466 e. The van der Waals surface area contributed by atoms with Crippen LogP contribution in [0.15, 0.2) is 17.7 Å². The third-order valence-corrected chi connectivity index (χ3v) is 3.19. The van der Waals surface area contributed by atoms with Crippen molar-refractivity contribution >= 4 is 29.4 Å². The first-order valence-electron chi connectivity index (χ1n) is 7.38. The summed E-state index contributed by atoms with van der Waals surface area (Å²) in [6, 6.07) is 2.92. The van der Waals surface area contributed by atoms with Crippen LogP contribution in [0.4, 0.5) is 11.4 Å². The number of ether oxygens (including phenoxy) is 2. The van der Waals surface area contributed by atoms with Crippen LogP contribution in [0.25, 0.3) is 6.08 Å². The van der Waals surface area contributed by atoms with Crippen LogP contribution in [0, 0.1) is 17.0 Å². The summed E-state index contributed by atoms with van der Waals surface area (Å²) in [7, 11) is 0. The second-order valence-electron chi connectivity index (χ2n) is 4.85. The van der Waals surface area contributed by atoms with Crippen LogP contribution in [-0.2, 0) is 19.1 Å². The first-order valence-corrected chi connectivity index (χ1v) is 7.38. The highest BCUT2D eigenvalue weighted by atomic mass is 16.6. The Morgan fingerprint density at radius 3 is 2.42 bits per heavy atom. The Kier molecular flexibility index (Phi) is 6.91. The second kappa shape index (κ2) is 8.66. The molecule has 0 atom stereocenters. The molecule has 130 valence electrons. The van der Waals surface area contributed by atoms with Gasteiger partial charge in [0.15, 0.2) is 0 Å². The van der Waals surface area contributed by atoms with Crippen LogP contribution in [-0.4, -0.2) is 30.1 Å². The fourth-order valence-electron chi connectivity index (χ4n) is 2.06. The summed E-state index contributed by atoms with van der Waals surface area (Å²) >= 11 is 0. The number of nitrogens with two attached hydrogens (primary N) is 1. The lowest BCUT2D eigenvalue weighted by Crippen LogP contribution is -2.14. The molecule has 0 aliphatic heterocycles. The molecule has 0 saturated heterocycles. The molecule has 0 amide bonds. The quantitative estimate of drug-likeness (QED) is 0.267. The molecule has 2 N–H and O–H groups in total. The van der Waals surface area contributed by atoms with Gasteiger partial charge in [-0.15, -0.1) is 0 Å². The molecule has 8 heteroatoms. The standard InChI is InChI=1S/C16H20N2O6/c1-4-23-14(19)9-12(16(20)24-5-2)8-11-6-7-13(17)10(3)15(11)18(21)22/h6-8H,4-5,9,17H2,1-3H3. The Balaban J connectivity index is 3.37. The van der Waals surface area contributed by atoms with Gasteiger partial charge in [0.05, 0.1) is 35.7 Å². The highest BCUT2D eigenvalue weighted by molar-refractivity contribution is 5.99. The maximum absolute atomic E-state index is 12.0. The van der Waals surface area contributed by atoms with Crippen LogP contribution >= 0.6 is 0 Å². The molecule has 0 unspecified atom stereocenters. The Bertz CT molecular complexity index is 681. The number of nitro groups is 1. The first kappa shape index (κ1) is 19.1. The molecule has 0 radical (unpaired) electrons. The zero-order valence-electron chi connectivity index (χ0n) is 13.8. The molecule has 0 aromatic heterocycles. The van der Waals surface area contributed by atoms with Gasteiger partial charge >= 0.3 is 11.9 Å². The molecule has 1 rings (SSSR count). The summed E-state index contributed by atoms with van der Waals surface area (Å²) < 4.78 is 9.72. The molecule has 0 bridgehead atoms. The second-order valence-corrected chi connectivity index (χ2v) is 4.85. The molecular formula is C16H20N2O6. The SMILES string of the molecule is CCOC(=O)CC(=Cc1ccc(N)c(C)c1[N+](=O)[O-])C(=O)OCC. The van der Waals surface area contributed by atoms with Gasteiger partial charge in [0.1, 0.15) is 0 Å². The third kappa shape index (κ3) is 4.80. The number of nitrogen functional groups attached to an aromatic ring is 1. The summed E-state index contributed by atoms with van der Waals surface area (Å²) in [5.41, 5.74) is 6.16. The van der Waals surface area contributed by atoms with Crippen molar-refractivity contribution in [1.82, 2.24) is 0 Å². The van der Waals surface area contributed by atoms with Crippen LogP contribution < -0.4 is 5.73 Å². The zero-order chi connectivity index (χ0) is 18.3. The molecule has 1 aromatic carbocycles. The van der Waals surface area contributed by atoms with Crippen LogP contribution in [0.1, 0.15) is 31.4 Å². The average molecular weight is 336 g/mol. The van der Waals surface area contributed by atoms with E-state index in [1.807, 2.05) is 0 Å². The van der Waals surface area contributed by atoms with E-state index in [1.54, 1.807) is 13.8 Å². The van der Waals surface area contributed by atoms with Gasteiger partial charge in [0, 0.05) is 11.3 Å². The van der Waals surface area contributed by atoms with Gasteiger partial charge in [-0.3, -0.25) is 14.9 Å². The molecular weight excluding hydrogens is 316 g/mol. The van der Waals surface area contributed by atoms with E-state index in [0.29, 0.717) is 0 Å². The van der Waals surface area contributed by atoms with Gasteiger partial charge < -0.3 is 15.2 Å². The van der Waals surface area contributed by atoms with E-state index >= 15 is 0 Å². The molecule has 0 aliphatic rings. The van der Waals surface area contributed by atoms with Crippen LogP contribution in [0.3, 0.4) is 0 Å². The Morgan fingerprint density at radius 2 is 1.88 bits per heavy atom. The number of hydrogen-bond donors (Lipinski definition) is 1. The maximum atomic E-state index is 12.0. The number of nitro benzene ring substituents is 1. The monoisotopic (exact) mass is 336 g/mol. The van der Waals surface area contributed by atoms with Crippen molar-refractivity contribution in [3.63, 3.8) is 0 Å². The lowest BCUT2D eigenvalue weighted by Gasteiger charge is -2.09. The number of carbonyl (C=O) groups excluding carboxylic acids is 2. The van der Waals surface area contributed by atoms with Gasteiger partial charge in [0.2, 0.25) is 0 Å². The van der Waals surface area contributed by atoms with Gasteiger partial charge in [-0.05, 0) is 39.0 Å². The minimum Gasteiger partial charge on any atom is -0.466 e. The fourth-order valence-corrected chi connectivity index (χ4v) is 2.06. The molecule has 1 aromatic rings. The molecule has 0 spiro atoms. The summed E-state index contributed by atoms with van der Waals surface area (Å²) in [5, 5.41) is 11.3. The van der Waals surface area contributed by atoms with E-state index in [2.05, 4.69) is 0 Å². The van der Waals surface area contributed by atoms with Crippen molar-refractivity contribution in [3.8, 4) is 0 Å². The molecule has 0 heterocycles. The summed E-state index contributed by atoms with van der Waals surface area (Å²) in [4.78, 5) is 34.4. The van der Waals surface area contributed by atoms with Gasteiger partial charge in [-0.1, -0.05) is 0 Å². The lowest BCUT2D eigenvalue weighted by atomic mass is 10.0. The van der Waals surface area contributed by atoms with E-state index in [1.165, 1.54) is 25.1 Å². The summed E-state index contributed by atoms with van der Waals surface area (Å²) in [6.45, 7) is 5.05. The molecule has 0 saturated carbocycles. The van der Waals surface area contributed by atoms with Gasteiger partial charge in [-0.2, -0.15) is 0 Å². The number of esters is 2. The maximum Gasteiger partial charge on any atom is 0.334 e. The topological polar surface area (TPSA) is 122 Å². The minimum atomic E-state index is -0.727. The van der Waals surface area contributed by atoms with Crippen LogP contribution in [0.2, 0.25) is 0 Å². The highest BCUT2D eigenvalue weighted by Gasteiger charge is 2.22. The Hall–Kier alpha value is -2.90. The molecule has 24 heavy (non-hydrogen) atoms. The fraction of sp³-hybridized carbons (Fsp3) is 0.375. The number of carbonyl (C=O) groups is 2.